The molecule has 1 heterocycles. The molecule has 0 radical (unpaired) electrons. The van der Waals surface area contributed by atoms with Crippen LogP contribution in [0.4, 0.5) is 0 Å². The van der Waals surface area contributed by atoms with Crippen LogP contribution in [0.2, 0.25) is 0 Å². The predicted octanol–water partition coefficient (Wildman–Crippen LogP) is 2.93. The highest BCUT2D eigenvalue weighted by molar-refractivity contribution is 14.0. The van der Waals surface area contributed by atoms with Gasteiger partial charge in [-0.15, -0.1) is 24.0 Å². The van der Waals surface area contributed by atoms with Crippen molar-refractivity contribution in [2.24, 2.45) is 4.99 Å². The minimum Gasteiger partial charge on any atom is -0.356 e. The monoisotopic (exact) mass is 427 g/mol. The van der Waals surface area contributed by atoms with E-state index in [1.807, 2.05) is 19.3 Å². The maximum absolute atomic E-state index is 4.26. The smallest absolute Gasteiger partial charge is 0.191 e. The molecule has 0 fully saturated rings. The van der Waals surface area contributed by atoms with Crippen LogP contribution in [0.5, 0.6) is 0 Å². The number of hydrogen-bond acceptors (Lipinski definition) is 2. The van der Waals surface area contributed by atoms with Crippen molar-refractivity contribution in [1.82, 2.24) is 20.2 Å². The Kier molecular flexibility index (Phi) is 8.68. The first-order chi connectivity index (χ1) is 10.7. The van der Waals surface area contributed by atoms with Gasteiger partial charge in [-0.05, 0) is 24.5 Å². The molecule has 0 aliphatic rings. The molecule has 0 aliphatic heterocycles. The maximum Gasteiger partial charge on any atom is 0.191 e. The van der Waals surface area contributed by atoms with Crippen molar-refractivity contribution in [1.29, 1.82) is 0 Å². The molecule has 1 aromatic heterocycles. The Labute approximate surface area is 155 Å². The van der Waals surface area contributed by atoms with Crippen LogP contribution >= 0.6 is 24.0 Å². The first-order valence-electron chi connectivity index (χ1n) is 7.73. The molecule has 0 bridgehead atoms. The topological polar surface area (TPSA) is 54.2 Å². The van der Waals surface area contributed by atoms with Crippen LogP contribution in [0.1, 0.15) is 30.3 Å². The number of aromatic nitrogens is 2. The highest BCUT2D eigenvalue weighted by atomic mass is 127. The third kappa shape index (κ3) is 6.21. The molecule has 0 spiro atoms. The number of benzene rings is 1. The molecule has 126 valence electrons. The van der Waals surface area contributed by atoms with Crippen LogP contribution in [-0.4, -0.2) is 29.1 Å². The summed E-state index contributed by atoms with van der Waals surface area (Å²) in [6.45, 7) is 6.71. The molecule has 2 N–H and O–H groups in total. The molecule has 0 unspecified atom stereocenters. The Balaban J connectivity index is 0.00000264. The molecule has 6 heteroatoms. The van der Waals surface area contributed by atoms with Crippen molar-refractivity contribution in [2.45, 2.75) is 33.4 Å². The van der Waals surface area contributed by atoms with Gasteiger partial charge in [0.15, 0.2) is 5.96 Å². The van der Waals surface area contributed by atoms with Crippen molar-refractivity contribution in [3.8, 4) is 0 Å². The number of rotatable bonds is 6. The van der Waals surface area contributed by atoms with Gasteiger partial charge < -0.3 is 15.2 Å². The number of aryl methyl sites for hydroxylation is 1. The molecule has 0 amide bonds. The Hall–Kier alpha value is -1.57. The number of nitrogens with zero attached hydrogens (tertiary/aromatic N) is 3. The first-order valence-corrected chi connectivity index (χ1v) is 7.73. The highest BCUT2D eigenvalue weighted by Crippen LogP contribution is 2.08. The third-order valence-corrected chi connectivity index (χ3v) is 3.49. The number of guanidine groups is 1. The Morgan fingerprint density at radius 1 is 1.26 bits per heavy atom. The van der Waals surface area contributed by atoms with E-state index in [9.17, 15) is 0 Å². The normalized spacial score (nSPS) is 11.0. The van der Waals surface area contributed by atoms with E-state index in [0.717, 1.165) is 37.8 Å². The number of aliphatic imine (C=N–C) groups is 1. The molecule has 0 atom stereocenters. The highest BCUT2D eigenvalue weighted by Gasteiger charge is 2.01. The van der Waals surface area contributed by atoms with Gasteiger partial charge in [-0.3, -0.25) is 4.99 Å². The van der Waals surface area contributed by atoms with Crippen LogP contribution < -0.4 is 10.6 Å². The minimum atomic E-state index is 0. The lowest BCUT2D eigenvalue weighted by Crippen LogP contribution is -2.37. The van der Waals surface area contributed by atoms with Crippen LogP contribution in [0.3, 0.4) is 0 Å². The molecular weight excluding hydrogens is 401 g/mol. The second-order valence-corrected chi connectivity index (χ2v) is 5.27. The zero-order chi connectivity index (χ0) is 15.8. The molecular formula is C17H26IN5. The van der Waals surface area contributed by atoms with Crippen molar-refractivity contribution in [2.75, 3.05) is 13.6 Å². The Bertz CT molecular complexity index is 621. The minimum absolute atomic E-state index is 0. The van der Waals surface area contributed by atoms with Gasteiger partial charge in [-0.25, -0.2) is 4.98 Å². The van der Waals surface area contributed by atoms with E-state index in [4.69, 9.17) is 0 Å². The number of hydrogen-bond donors (Lipinski definition) is 2. The largest absolute Gasteiger partial charge is 0.356 e. The lowest BCUT2D eigenvalue weighted by molar-refractivity contribution is 0.756. The van der Waals surface area contributed by atoms with Gasteiger partial charge in [0.2, 0.25) is 0 Å². The maximum atomic E-state index is 4.26. The van der Waals surface area contributed by atoms with Gasteiger partial charge in [0.25, 0.3) is 0 Å². The van der Waals surface area contributed by atoms with E-state index < -0.39 is 0 Å². The fourth-order valence-electron chi connectivity index (χ4n) is 2.26. The van der Waals surface area contributed by atoms with Gasteiger partial charge >= 0.3 is 0 Å². The van der Waals surface area contributed by atoms with Gasteiger partial charge in [0.1, 0.15) is 5.82 Å². The quantitative estimate of drug-likeness (QED) is 0.424. The fourth-order valence-corrected chi connectivity index (χ4v) is 2.26. The van der Waals surface area contributed by atoms with Crippen molar-refractivity contribution < 1.29 is 0 Å². The second kappa shape index (κ2) is 10.3. The summed E-state index contributed by atoms with van der Waals surface area (Å²) in [6.07, 6.45) is 4.93. The van der Waals surface area contributed by atoms with E-state index in [1.54, 1.807) is 7.05 Å². The Morgan fingerprint density at radius 3 is 2.70 bits per heavy atom. The van der Waals surface area contributed by atoms with Crippen molar-refractivity contribution in [3.63, 3.8) is 0 Å². The summed E-state index contributed by atoms with van der Waals surface area (Å²) in [7, 11) is 1.79. The summed E-state index contributed by atoms with van der Waals surface area (Å²) < 4.78 is 2.15. The van der Waals surface area contributed by atoms with Crippen molar-refractivity contribution >= 4 is 29.9 Å². The molecule has 0 aliphatic carbocycles. The average Bonchev–Trinajstić information content (AvgIpc) is 2.93. The van der Waals surface area contributed by atoms with Gasteiger partial charge in [-0.1, -0.05) is 31.2 Å². The van der Waals surface area contributed by atoms with E-state index >= 15 is 0 Å². The second-order valence-electron chi connectivity index (χ2n) is 5.27. The number of imidazole rings is 1. The zero-order valence-corrected chi connectivity index (χ0v) is 16.4. The molecule has 5 nitrogen and oxygen atoms in total. The van der Waals surface area contributed by atoms with Crippen LogP contribution in [0, 0.1) is 6.92 Å². The molecule has 2 aromatic rings. The summed E-state index contributed by atoms with van der Waals surface area (Å²) >= 11 is 0. The first kappa shape index (κ1) is 19.5. The van der Waals surface area contributed by atoms with Crippen LogP contribution in [0.25, 0.3) is 0 Å². The molecule has 2 rings (SSSR count). The molecule has 0 saturated carbocycles. The summed E-state index contributed by atoms with van der Waals surface area (Å²) in [6, 6.07) is 8.60. The van der Waals surface area contributed by atoms with Gasteiger partial charge in [-0.2, -0.15) is 0 Å². The predicted molar refractivity (Wildman–Crippen MR) is 106 cm³/mol. The zero-order valence-electron chi connectivity index (χ0n) is 14.0. The van der Waals surface area contributed by atoms with E-state index in [-0.39, 0.29) is 24.0 Å². The van der Waals surface area contributed by atoms with E-state index in [0.29, 0.717) is 0 Å². The lowest BCUT2D eigenvalue weighted by atomic mass is 10.1. The third-order valence-electron chi connectivity index (χ3n) is 3.49. The molecule has 23 heavy (non-hydrogen) atoms. The van der Waals surface area contributed by atoms with Gasteiger partial charge in [0, 0.05) is 39.1 Å². The van der Waals surface area contributed by atoms with Crippen LogP contribution in [-0.2, 0) is 13.1 Å². The van der Waals surface area contributed by atoms with E-state index in [2.05, 4.69) is 56.4 Å². The molecule has 0 saturated heterocycles. The standard InChI is InChI=1S/C17H25N5.HI/c1-4-8-20-17(18-3)21-12-15-6-5-7-16(11-15)13-22-10-9-19-14(22)2;/h5-7,9-11H,4,8,12-13H2,1-3H3,(H2,18,20,21);1H. The van der Waals surface area contributed by atoms with Crippen LogP contribution in [0.15, 0.2) is 41.7 Å². The summed E-state index contributed by atoms with van der Waals surface area (Å²) in [5.41, 5.74) is 2.52. The summed E-state index contributed by atoms with van der Waals surface area (Å²) in [4.78, 5) is 8.48. The summed E-state index contributed by atoms with van der Waals surface area (Å²) in [5, 5.41) is 6.61. The van der Waals surface area contributed by atoms with Crippen molar-refractivity contribution in [3.05, 3.63) is 53.6 Å². The Morgan fingerprint density at radius 2 is 2.04 bits per heavy atom. The lowest BCUT2D eigenvalue weighted by Gasteiger charge is -2.12. The number of nitrogens with one attached hydrogen (secondary N) is 2. The average molecular weight is 427 g/mol. The van der Waals surface area contributed by atoms with Gasteiger partial charge in [0.05, 0.1) is 0 Å². The van der Waals surface area contributed by atoms with E-state index in [1.165, 1.54) is 11.1 Å². The molecule has 1 aromatic carbocycles. The number of halogens is 1. The fraction of sp³-hybridized carbons (Fsp3) is 0.412. The summed E-state index contributed by atoms with van der Waals surface area (Å²) in [5.74, 6) is 1.88. The SMILES string of the molecule is CCCNC(=NC)NCc1cccc(Cn2ccnc2C)c1.I.